The second-order valence-corrected chi connectivity index (χ2v) is 8.21. The summed E-state index contributed by atoms with van der Waals surface area (Å²) in [5.74, 6) is -2.18. The number of benzene rings is 2. The molecule has 1 heterocycles. The van der Waals surface area contributed by atoms with Crippen LogP contribution in [0.1, 0.15) is 51.1 Å². The van der Waals surface area contributed by atoms with Crippen LogP contribution in [-0.4, -0.2) is 20.8 Å². The van der Waals surface area contributed by atoms with Gasteiger partial charge in [-0.25, -0.2) is 13.8 Å². The third-order valence-electron chi connectivity index (χ3n) is 6.21. The largest absolute Gasteiger partial charge is 0.453 e. The smallest absolute Gasteiger partial charge is 0.261 e. The molecule has 1 spiro atoms. The van der Waals surface area contributed by atoms with Gasteiger partial charge in [-0.1, -0.05) is 13.8 Å². The van der Waals surface area contributed by atoms with Gasteiger partial charge in [-0.15, -0.1) is 0 Å². The molecule has 0 atom stereocenters. The molecule has 2 fully saturated rings. The van der Waals surface area contributed by atoms with Crippen molar-refractivity contribution in [1.29, 1.82) is 5.26 Å². The van der Waals surface area contributed by atoms with Gasteiger partial charge in [0, 0.05) is 6.04 Å². The van der Waals surface area contributed by atoms with Crippen LogP contribution >= 0.6 is 0 Å². The summed E-state index contributed by atoms with van der Waals surface area (Å²) in [4.78, 5) is 17.4. The molecule has 0 radical (unpaired) electrons. The van der Waals surface area contributed by atoms with Gasteiger partial charge in [-0.2, -0.15) is 5.26 Å². The Hall–Kier alpha value is -3.31. The topological polar surface area (TPSA) is 88.1 Å². The van der Waals surface area contributed by atoms with E-state index in [-0.39, 0.29) is 28.9 Å². The number of aliphatic hydroxyl groups excluding tert-OH is 1. The molecule has 3 aromatic rings. The molecule has 6 nitrogen and oxygen atoms in total. The lowest BCUT2D eigenvalue weighted by atomic mass is 9.53. The lowest BCUT2D eigenvalue weighted by molar-refractivity contribution is -0.106. The molecule has 2 saturated carbocycles. The Morgan fingerprint density at radius 3 is 2.50 bits per heavy atom. The first-order valence-electron chi connectivity index (χ1n) is 10.6. The Bertz CT molecular complexity index is 1270. The van der Waals surface area contributed by atoms with E-state index in [1.54, 1.807) is 16.7 Å². The normalized spacial score (nSPS) is 23.5. The first-order valence-corrected chi connectivity index (χ1v) is 10.6. The Morgan fingerprint density at radius 2 is 1.84 bits per heavy atom. The molecule has 1 aromatic heterocycles. The average molecular weight is 439 g/mol. The van der Waals surface area contributed by atoms with Crippen molar-refractivity contribution in [3.8, 4) is 17.6 Å². The predicted octanol–water partition coefficient (Wildman–Crippen LogP) is 4.84. The predicted molar refractivity (Wildman–Crippen MR) is 114 cm³/mol. The first kappa shape index (κ1) is 21.9. The van der Waals surface area contributed by atoms with E-state index in [4.69, 9.17) is 10.00 Å². The SMILES string of the molecule is CC.N#Cc1c(F)ccc(F)c1Oc1ccc2ncn(C3CC4(CC(O)C4)C3)c(=O)c2c1. The number of fused-ring (bicyclic) bond motifs is 1. The Balaban J connectivity index is 0.00000119. The van der Waals surface area contributed by atoms with E-state index < -0.39 is 22.9 Å². The fraction of sp³-hybridized carbons (Fsp3) is 0.375. The molecule has 8 heteroatoms. The van der Waals surface area contributed by atoms with Crippen molar-refractivity contribution in [2.45, 2.75) is 51.7 Å². The van der Waals surface area contributed by atoms with Crippen molar-refractivity contribution < 1.29 is 18.6 Å². The lowest BCUT2D eigenvalue weighted by Gasteiger charge is -2.56. The summed E-state index contributed by atoms with van der Waals surface area (Å²) >= 11 is 0. The van der Waals surface area contributed by atoms with Gasteiger partial charge in [0.1, 0.15) is 23.2 Å². The summed E-state index contributed by atoms with van der Waals surface area (Å²) in [6.07, 6.45) is 4.49. The van der Waals surface area contributed by atoms with Gasteiger partial charge < -0.3 is 9.84 Å². The molecule has 5 rings (SSSR count). The standard InChI is InChI=1S/C22H17F2N3O3.C2H6/c23-17-2-3-18(24)20(16(17)10-25)30-14-1-4-19-15(5-14)21(29)27(11-26-19)12-6-22(7-12)8-13(28)9-22;1-2/h1-5,11-13,28H,6-9H2;1-2H3. The molecule has 0 unspecified atom stereocenters. The highest BCUT2D eigenvalue weighted by atomic mass is 19.1. The van der Waals surface area contributed by atoms with Gasteiger partial charge in [0.15, 0.2) is 11.6 Å². The zero-order valence-electron chi connectivity index (χ0n) is 17.8. The number of nitriles is 1. The average Bonchev–Trinajstić information content (AvgIpc) is 2.75. The van der Waals surface area contributed by atoms with E-state index in [9.17, 15) is 18.7 Å². The summed E-state index contributed by atoms with van der Waals surface area (Å²) in [7, 11) is 0. The second-order valence-electron chi connectivity index (χ2n) is 8.21. The molecule has 2 aliphatic rings. The summed E-state index contributed by atoms with van der Waals surface area (Å²) < 4.78 is 35.0. The molecule has 0 bridgehead atoms. The molecule has 2 aromatic carbocycles. The Kier molecular flexibility index (Phi) is 5.70. The first-order chi connectivity index (χ1) is 15.4. The summed E-state index contributed by atoms with van der Waals surface area (Å²) in [6, 6.07) is 7.83. The molecule has 0 aliphatic heterocycles. The van der Waals surface area contributed by atoms with E-state index in [1.165, 1.54) is 18.5 Å². The summed E-state index contributed by atoms with van der Waals surface area (Å²) in [5, 5.41) is 19.0. The van der Waals surface area contributed by atoms with Crippen LogP contribution in [0.4, 0.5) is 8.78 Å². The van der Waals surface area contributed by atoms with Crippen LogP contribution < -0.4 is 10.3 Å². The van der Waals surface area contributed by atoms with E-state index in [0.717, 1.165) is 37.8 Å². The Labute approximate surface area is 183 Å². The van der Waals surface area contributed by atoms with Crippen molar-refractivity contribution in [3.63, 3.8) is 0 Å². The van der Waals surface area contributed by atoms with Gasteiger partial charge >= 0.3 is 0 Å². The zero-order valence-corrected chi connectivity index (χ0v) is 17.8. The summed E-state index contributed by atoms with van der Waals surface area (Å²) in [6.45, 7) is 4.00. The maximum absolute atomic E-state index is 14.1. The van der Waals surface area contributed by atoms with Crippen LogP contribution in [0.5, 0.6) is 11.5 Å². The van der Waals surface area contributed by atoms with Crippen LogP contribution in [0.3, 0.4) is 0 Å². The molecule has 0 amide bonds. The second kappa shape index (κ2) is 8.32. The molecule has 166 valence electrons. The minimum Gasteiger partial charge on any atom is -0.453 e. The highest BCUT2D eigenvalue weighted by Gasteiger charge is 2.53. The number of aliphatic hydroxyl groups is 1. The fourth-order valence-corrected chi connectivity index (χ4v) is 4.70. The highest BCUT2D eigenvalue weighted by Crippen LogP contribution is 2.60. The molecule has 1 N–H and O–H groups in total. The molecule has 0 saturated heterocycles. The van der Waals surface area contributed by atoms with Gasteiger partial charge in [0.25, 0.3) is 5.56 Å². The van der Waals surface area contributed by atoms with Crippen LogP contribution in [0, 0.1) is 28.4 Å². The molecule has 2 aliphatic carbocycles. The maximum atomic E-state index is 14.1. The minimum atomic E-state index is -0.890. The monoisotopic (exact) mass is 439 g/mol. The van der Waals surface area contributed by atoms with Gasteiger partial charge in [0.2, 0.25) is 0 Å². The minimum absolute atomic E-state index is 0.0253. The summed E-state index contributed by atoms with van der Waals surface area (Å²) in [5.41, 5.74) is -0.185. The Morgan fingerprint density at radius 1 is 1.16 bits per heavy atom. The quantitative estimate of drug-likeness (QED) is 0.631. The van der Waals surface area contributed by atoms with Gasteiger partial charge in [0.05, 0.1) is 23.3 Å². The van der Waals surface area contributed by atoms with Crippen molar-refractivity contribution in [2.24, 2.45) is 5.41 Å². The van der Waals surface area contributed by atoms with E-state index in [0.29, 0.717) is 10.9 Å². The van der Waals surface area contributed by atoms with Crippen molar-refractivity contribution >= 4 is 10.9 Å². The van der Waals surface area contributed by atoms with Crippen LogP contribution in [0.25, 0.3) is 10.9 Å². The van der Waals surface area contributed by atoms with Crippen molar-refractivity contribution in [1.82, 2.24) is 9.55 Å². The maximum Gasteiger partial charge on any atom is 0.261 e. The fourth-order valence-electron chi connectivity index (χ4n) is 4.70. The third-order valence-corrected chi connectivity index (χ3v) is 6.21. The van der Waals surface area contributed by atoms with E-state index in [2.05, 4.69) is 4.98 Å². The van der Waals surface area contributed by atoms with Gasteiger partial charge in [-0.3, -0.25) is 9.36 Å². The molecule has 32 heavy (non-hydrogen) atoms. The number of aromatic nitrogens is 2. The van der Waals surface area contributed by atoms with Crippen molar-refractivity contribution in [3.05, 3.63) is 64.2 Å². The third kappa shape index (κ3) is 3.63. The van der Waals surface area contributed by atoms with Crippen LogP contribution in [0.15, 0.2) is 41.5 Å². The van der Waals surface area contributed by atoms with Crippen LogP contribution in [-0.2, 0) is 0 Å². The number of hydrogen-bond acceptors (Lipinski definition) is 5. The van der Waals surface area contributed by atoms with E-state index in [1.807, 2.05) is 13.8 Å². The number of halogens is 2. The highest BCUT2D eigenvalue weighted by molar-refractivity contribution is 5.79. The van der Waals surface area contributed by atoms with Crippen molar-refractivity contribution in [2.75, 3.05) is 0 Å². The van der Waals surface area contributed by atoms with E-state index >= 15 is 0 Å². The number of ether oxygens (including phenoxy) is 1. The number of hydrogen-bond donors (Lipinski definition) is 1. The molecular weight excluding hydrogens is 416 g/mol. The van der Waals surface area contributed by atoms with Gasteiger partial charge in [-0.05, 0) is 61.4 Å². The number of rotatable bonds is 3. The zero-order chi connectivity index (χ0) is 23.0. The van der Waals surface area contributed by atoms with Crippen LogP contribution in [0.2, 0.25) is 0 Å². The number of nitrogens with zero attached hydrogens (tertiary/aromatic N) is 3. The molecular formula is C24H23F2N3O3. The lowest BCUT2D eigenvalue weighted by Crippen LogP contribution is -2.51.